The molecular formula is C19H26N4O8S. The number of aromatic hydroxyl groups is 1. The van der Waals surface area contributed by atoms with Gasteiger partial charge in [-0.25, -0.2) is 4.79 Å². The summed E-state index contributed by atoms with van der Waals surface area (Å²) in [7, 11) is 0. The van der Waals surface area contributed by atoms with Crippen molar-refractivity contribution in [3.63, 3.8) is 0 Å². The minimum absolute atomic E-state index is 0.00707. The van der Waals surface area contributed by atoms with Crippen molar-refractivity contribution in [1.29, 1.82) is 0 Å². The molecule has 12 nitrogen and oxygen atoms in total. The molecule has 176 valence electrons. The molecule has 1 aromatic carbocycles. The van der Waals surface area contributed by atoms with Crippen LogP contribution in [0.3, 0.4) is 0 Å². The number of carbonyl (C=O) groups is 5. The number of thiol groups is 1. The quantitative estimate of drug-likeness (QED) is 0.162. The van der Waals surface area contributed by atoms with Gasteiger partial charge in [0, 0.05) is 12.2 Å². The summed E-state index contributed by atoms with van der Waals surface area (Å²) < 4.78 is 0. The molecule has 0 radical (unpaired) electrons. The van der Waals surface area contributed by atoms with Crippen molar-refractivity contribution in [2.45, 2.75) is 43.9 Å². The molecular weight excluding hydrogens is 444 g/mol. The Labute approximate surface area is 189 Å². The first-order chi connectivity index (χ1) is 14.9. The summed E-state index contributed by atoms with van der Waals surface area (Å²) in [6.07, 6.45) is -0.692. The fourth-order valence-corrected chi connectivity index (χ4v) is 2.75. The van der Waals surface area contributed by atoms with E-state index in [9.17, 15) is 34.2 Å². The number of hydrogen-bond donors (Lipinski definition) is 8. The molecule has 13 heteroatoms. The Morgan fingerprint density at radius 2 is 1.50 bits per heavy atom. The lowest BCUT2D eigenvalue weighted by Gasteiger charge is -2.22. The van der Waals surface area contributed by atoms with Crippen LogP contribution in [0.5, 0.6) is 5.75 Å². The number of nitrogens with one attached hydrogen (secondary N) is 3. The maximum absolute atomic E-state index is 12.5. The third-order valence-corrected chi connectivity index (χ3v) is 4.65. The van der Waals surface area contributed by atoms with Gasteiger partial charge in [0.1, 0.15) is 23.9 Å². The average Bonchev–Trinajstić information content (AvgIpc) is 2.71. The van der Waals surface area contributed by atoms with Gasteiger partial charge in [0.2, 0.25) is 17.7 Å². The monoisotopic (exact) mass is 470 g/mol. The summed E-state index contributed by atoms with van der Waals surface area (Å²) >= 11 is 4.00. The molecule has 0 aromatic heterocycles. The first-order valence-electron chi connectivity index (χ1n) is 9.44. The van der Waals surface area contributed by atoms with Crippen molar-refractivity contribution in [3.8, 4) is 5.75 Å². The Hall–Kier alpha value is -3.32. The van der Waals surface area contributed by atoms with Gasteiger partial charge in [-0.2, -0.15) is 12.6 Å². The number of phenolic OH excluding ortho intramolecular Hbond substituents is 1. The van der Waals surface area contributed by atoms with Gasteiger partial charge < -0.3 is 37.0 Å². The van der Waals surface area contributed by atoms with E-state index >= 15 is 0 Å². The zero-order valence-electron chi connectivity index (χ0n) is 17.1. The molecule has 0 saturated carbocycles. The Morgan fingerprint density at radius 1 is 0.938 bits per heavy atom. The Balaban J connectivity index is 2.71. The Morgan fingerprint density at radius 3 is 2.00 bits per heavy atom. The third kappa shape index (κ3) is 8.81. The number of carboxylic acids is 2. The number of nitrogens with two attached hydrogens (primary N) is 1. The van der Waals surface area contributed by atoms with E-state index in [4.69, 9.17) is 10.8 Å². The number of phenols is 1. The molecule has 0 aliphatic carbocycles. The summed E-state index contributed by atoms with van der Waals surface area (Å²) in [6, 6.07) is 0.754. The second-order valence-electron chi connectivity index (χ2n) is 6.95. The standard InChI is InChI=1S/C19H26N4O8S/c1-9(21-17(28)12(20)7-15(25)26)16(27)23-14(8-32)18(29)22-13(19(30)31)6-10-2-4-11(24)5-3-10/h2-5,9,12-14,24,32H,6-8,20H2,1H3,(H,21,28)(H,22,29)(H,23,27)(H,25,26)(H,30,31). The van der Waals surface area contributed by atoms with E-state index in [2.05, 4.69) is 28.6 Å². The number of aliphatic carboxylic acids is 2. The second kappa shape index (κ2) is 12.5. The van der Waals surface area contributed by atoms with Crippen LogP contribution < -0.4 is 21.7 Å². The van der Waals surface area contributed by atoms with E-state index < -0.39 is 60.2 Å². The van der Waals surface area contributed by atoms with Crippen molar-refractivity contribution in [3.05, 3.63) is 29.8 Å². The highest BCUT2D eigenvalue weighted by Gasteiger charge is 2.28. The minimum Gasteiger partial charge on any atom is -0.508 e. The zero-order chi connectivity index (χ0) is 24.4. The van der Waals surface area contributed by atoms with Crippen LogP contribution >= 0.6 is 12.6 Å². The molecule has 0 aliphatic heterocycles. The highest BCUT2D eigenvalue weighted by molar-refractivity contribution is 7.80. The summed E-state index contributed by atoms with van der Waals surface area (Å²) in [5.74, 6) is -5.18. The lowest BCUT2D eigenvalue weighted by atomic mass is 10.1. The Bertz CT molecular complexity index is 848. The van der Waals surface area contributed by atoms with Crippen LogP contribution in [-0.4, -0.2) is 74.9 Å². The van der Waals surface area contributed by atoms with Crippen molar-refractivity contribution in [2.75, 3.05) is 5.75 Å². The van der Waals surface area contributed by atoms with Crippen LogP contribution in [0.1, 0.15) is 18.9 Å². The predicted octanol–water partition coefficient (Wildman–Crippen LogP) is -1.77. The summed E-state index contributed by atoms with van der Waals surface area (Å²) in [5.41, 5.74) is 5.98. The normalized spacial score (nSPS) is 14.3. The highest BCUT2D eigenvalue weighted by Crippen LogP contribution is 2.11. The van der Waals surface area contributed by atoms with Crippen LogP contribution in [-0.2, 0) is 30.4 Å². The number of benzene rings is 1. The molecule has 0 aliphatic rings. The first-order valence-corrected chi connectivity index (χ1v) is 10.1. The maximum Gasteiger partial charge on any atom is 0.326 e. The molecule has 3 amide bonds. The van der Waals surface area contributed by atoms with Crippen LogP contribution in [0.15, 0.2) is 24.3 Å². The van der Waals surface area contributed by atoms with E-state index in [-0.39, 0.29) is 17.9 Å². The minimum atomic E-state index is -1.36. The van der Waals surface area contributed by atoms with Gasteiger partial charge in [0.25, 0.3) is 0 Å². The molecule has 4 unspecified atom stereocenters. The van der Waals surface area contributed by atoms with Crippen molar-refractivity contribution in [2.24, 2.45) is 5.73 Å². The van der Waals surface area contributed by atoms with E-state index in [1.807, 2.05) is 0 Å². The maximum atomic E-state index is 12.5. The molecule has 4 atom stereocenters. The van der Waals surface area contributed by atoms with Crippen molar-refractivity contribution < 1.29 is 39.3 Å². The molecule has 0 saturated heterocycles. The lowest BCUT2D eigenvalue weighted by molar-refractivity contribution is -0.142. The molecule has 0 bridgehead atoms. The first kappa shape index (κ1) is 26.7. The van der Waals surface area contributed by atoms with Crippen LogP contribution in [0.2, 0.25) is 0 Å². The number of hydrogen-bond acceptors (Lipinski definition) is 8. The van der Waals surface area contributed by atoms with Crippen LogP contribution in [0, 0.1) is 0 Å². The molecule has 0 heterocycles. The zero-order valence-corrected chi connectivity index (χ0v) is 18.0. The fraction of sp³-hybridized carbons (Fsp3) is 0.421. The van der Waals surface area contributed by atoms with Gasteiger partial charge in [0.15, 0.2) is 0 Å². The van der Waals surface area contributed by atoms with E-state index in [0.717, 1.165) is 0 Å². The summed E-state index contributed by atoms with van der Waals surface area (Å²) in [4.78, 5) is 58.8. The number of carboxylic acid groups (broad SMARTS) is 2. The van der Waals surface area contributed by atoms with Gasteiger partial charge >= 0.3 is 11.9 Å². The lowest BCUT2D eigenvalue weighted by Crippen LogP contribution is -2.57. The van der Waals surface area contributed by atoms with Gasteiger partial charge in [0.05, 0.1) is 12.5 Å². The number of amides is 3. The van der Waals surface area contributed by atoms with E-state index in [1.165, 1.54) is 31.2 Å². The van der Waals surface area contributed by atoms with E-state index in [0.29, 0.717) is 5.56 Å². The smallest absolute Gasteiger partial charge is 0.326 e. The van der Waals surface area contributed by atoms with Gasteiger partial charge in [-0.1, -0.05) is 12.1 Å². The summed E-state index contributed by atoms with van der Waals surface area (Å²) in [6.45, 7) is 1.30. The largest absolute Gasteiger partial charge is 0.508 e. The van der Waals surface area contributed by atoms with Gasteiger partial charge in [-0.05, 0) is 24.6 Å². The SMILES string of the molecule is CC(NC(=O)C(N)CC(=O)O)C(=O)NC(CS)C(=O)NC(Cc1ccc(O)cc1)C(=O)O. The predicted molar refractivity (Wildman–Crippen MR) is 115 cm³/mol. The average molecular weight is 471 g/mol. The summed E-state index contributed by atoms with van der Waals surface area (Å²) in [5, 5.41) is 34.3. The highest BCUT2D eigenvalue weighted by atomic mass is 32.1. The molecule has 1 aromatic rings. The van der Waals surface area contributed by atoms with Crippen molar-refractivity contribution >= 4 is 42.3 Å². The second-order valence-corrected chi connectivity index (χ2v) is 7.31. The molecule has 0 spiro atoms. The fourth-order valence-electron chi connectivity index (χ4n) is 2.50. The number of rotatable bonds is 12. The Kier molecular flexibility index (Phi) is 10.4. The molecule has 8 N–H and O–H groups in total. The van der Waals surface area contributed by atoms with E-state index in [1.54, 1.807) is 0 Å². The van der Waals surface area contributed by atoms with Gasteiger partial charge in [-0.15, -0.1) is 0 Å². The van der Waals surface area contributed by atoms with Gasteiger partial charge in [-0.3, -0.25) is 19.2 Å². The molecule has 1 rings (SSSR count). The third-order valence-electron chi connectivity index (χ3n) is 4.29. The molecule has 0 fully saturated rings. The molecule has 32 heavy (non-hydrogen) atoms. The van der Waals surface area contributed by atoms with Crippen LogP contribution in [0.25, 0.3) is 0 Å². The number of carbonyl (C=O) groups excluding carboxylic acids is 3. The van der Waals surface area contributed by atoms with Crippen LogP contribution in [0.4, 0.5) is 0 Å². The van der Waals surface area contributed by atoms with Crippen molar-refractivity contribution in [1.82, 2.24) is 16.0 Å². The topological polar surface area (TPSA) is 208 Å².